The molecule has 1 heterocycles. The third-order valence-corrected chi connectivity index (χ3v) is 6.82. The van der Waals surface area contributed by atoms with Crippen LogP contribution in [-0.2, 0) is 0 Å². The molecule has 0 aliphatic rings. The summed E-state index contributed by atoms with van der Waals surface area (Å²) < 4.78 is 5.32. The lowest BCUT2D eigenvalue weighted by atomic mass is 10.0. The van der Waals surface area contributed by atoms with Gasteiger partial charge in [-0.15, -0.1) is 0 Å². The smallest absolute Gasteiger partial charge is 0.269 e. The maximum Gasteiger partial charge on any atom is 0.269 e. The summed E-state index contributed by atoms with van der Waals surface area (Å²) in [6.45, 7) is 0. The van der Waals surface area contributed by atoms with Gasteiger partial charge in [-0.3, -0.25) is 20.2 Å². The topological polar surface area (TPSA) is 94.4 Å². The fraction of sp³-hybridized carbons (Fsp3) is 0.0345. The van der Waals surface area contributed by atoms with E-state index in [1.165, 1.54) is 30.6 Å². The summed E-state index contributed by atoms with van der Waals surface area (Å²) in [6, 6.07) is 31.4. The van der Waals surface area contributed by atoms with Crippen LogP contribution in [0.4, 0.5) is 10.8 Å². The molecule has 0 fully saturated rings. The van der Waals surface area contributed by atoms with Crippen LogP contribution in [0.2, 0.25) is 0 Å². The van der Waals surface area contributed by atoms with Crippen molar-refractivity contribution in [3.05, 3.63) is 119 Å². The molecule has 182 valence electrons. The number of benzene rings is 4. The number of hydrogen-bond acceptors (Lipinski definition) is 6. The number of amides is 1. The van der Waals surface area contributed by atoms with Crippen LogP contribution in [-0.4, -0.2) is 22.9 Å². The Kier molecular flexibility index (Phi) is 6.74. The van der Waals surface area contributed by atoms with E-state index in [1.807, 2.05) is 54.6 Å². The molecule has 37 heavy (non-hydrogen) atoms. The number of nitro groups is 1. The Labute approximate surface area is 217 Å². The van der Waals surface area contributed by atoms with E-state index in [9.17, 15) is 14.9 Å². The Bertz CT molecular complexity index is 1560. The first-order valence-electron chi connectivity index (χ1n) is 11.4. The summed E-state index contributed by atoms with van der Waals surface area (Å²) in [5, 5.41) is 14.4. The van der Waals surface area contributed by atoms with Crippen molar-refractivity contribution in [2.24, 2.45) is 0 Å². The minimum absolute atomic E-state index is 0.00623. The van der Waals surface area contributed by atoms with Gasteiger partial charge in [-0.25, -0.2) is 4.98 Å². The van der Waals surface area contributed by atoms with Crippen molar-refractivity contribution in [3.8, 4) is 38.6 Å². The molecule has 0 radical (unpaired) electrons. The second kappa shape index (κ2) is 10.4. The number of thiazole rings is 1. The minimum atomic E-state index is -0.432. The summed E-state index contributed by atoms with van der Waals surface area (Å²) in [7, 11) is 1.51. The normalized spacial score (nSPS) is 10.6. The molecule has 4 aromatic carbocycles. The molecule has 1 aromatic heterocycles. The van der Waals surface area contributed by atoms with Gasteiger partial charge in [-0.05, 0) is 41.0 Å². The second-order valence-corrected chi connectivity index (χ2v) is 9.10. The number of carbonyl (C=O) groups is 1. The van der Waals surface area contributed by atoms with E-state index in [1.54, 1.807) is 36.4 Å². The van der Waals surface area contributed by atoms with E-state index in [4.69, 9.17) is 9.72 Å². The van der Waals surface area contributed by atoms with Crippen molar-refractivity contribution in [1.82, 2.24) is 4.98 Å². The quantitative estimate of drug-likeness (QED) is 0.184. The number of rotatable bonds is 7. The molecular formula is C29H21N3O4S. The summed E-state index contributed by atoms with van der Waals surface area (Å²) in [5.74, 6) is 0.122. The number of nitrogens with one attached hydrogen (secondary N) is 1. The van der Waals surface area contributed by atoms with E-state index in [2.05, 4.69) is 5.32 Å². The van der Waals surface area contributed by atoms with Crippen molar-refractivity contribution in [2.75, 3.05) is 12.4 Å². The highest BCUT2D eigenvalue weighted by molar-refractivity contribution is 7.19. The largest absolute Gasteiger partial charge is 0.496 e. The Morgan fingerprint density at radius 1 is 0.811 bits per heavy atom. The van der Waals surface area contributed by atoms with Gasteiger partial charge in [-0.1, -0.05) is 78.1 Å². The first-order valence-corrected chi connectivity index (χ1v) is 12.2. The number of ether oxygens (including phenoxy) is 1. The minimum Gasteiger partial charge on any atom is -0.496 e. The van der Waals surface area contributed by atoms with Gasteiger partial charge in [-0.2, -0.15) is 0 Å². The first kappa shape index (κ1) is 23.9. The number of nitrogens with zero attached hydrogens (tertiary/aromatic N) is 2. The molecule has 0 aliphatic carbocycles. The van der Waals surface area contributed by atoms with Gasteiger partial charge in [0.1, 0.15) is 5.75 Å². The van der Waals surface area contributed by atoms with Gasteiger partial charge in [0.2, 0.25) is 0 Å². The van der Waals surface area contributed by atoms with Crippen molar-refractivity contribution in [3.63, 3.8) is 0 Å². The fourth-order valence-electron chi connectivity index (χ4n) is 3.95. The summed E-state index contributed by atoms with van der Waals surface area (Å²) >= 11 is 1.30. The van der Waals surface area contributed by atoms with Crippen molar-refractivity contribution in [2.45, 2.75) is 0 Å². The molecular weight excluding hydrogens is 486 g/mol. The number of nitro benzene ring substituents is 1. The average Bonchev–Trinajstić information content (AvgIpc) is 3.37. The molecule has 7 nitrogen and oxygen atoms in total. The molecule has 0 spiro atoms. The van der Waals surface area contributed by atoms with Crippen molar-refractivity contribution < 1.29 is 14.5 Å². The molecule has 0 saturated carbocycles. The number of para-hydroxylation sites is 1. The van der Waals surface area contributed by atoms with Gasteiger partial charge < -0.3 is 4.74 Å². The summed E-state index contributed by atoms with van der Waals surface area (Å²) in [4.78, 5) is 29.3. The summed E-state index contributed by atoms with van der Waals surface area (Å²) in [6.07, 6.45) is 0. The maximum atomic E-state index is 13.0. The lowest BCUT2D eigenvalue weighted by molar-refractivity contribution is -0.384. The van der Waals surface area contributed by atoms with Gasteiger partial charge in [0, 0.05) is 17.7 Å². The van der Waals surface area contributed by atoms with Crippen LogP contribution in [0.15, 0.2) is 103 Å². The highest BCUT2D eigenvalue weighted by atomic mass is 32.1. The molecule has 0 saturated heterocycles. The van der Waals surface area contributed by atoms with E-state index in [-0.39, 0.29) is 11.6 Å². The van der Waals surface area contributed by atoms with Gasteiger partial charge >= 0.3 is 0 Å². The van der Waals surface area contributed by atoms with Gasteiger partial charge in [0.25, 0.3) is 11.6 Å². The Hall–Kier alpha value is -4.82. The SMILES string of the molecule is COc1ccccc1C(=O)Nc1nc(-c2ccc(-c3ccccc3)cc2)c(-c2ccc([N+](=O)[O-])cc2)s1. The zero-order valence-corrected chi connectivity index (χ0v) is 20.6. The predicted molar refractivity (Wildman–Crippen MR) is 146 cm³/mol. The number of anilines is 1. The lowest BCUT2D eigenvalue weighted by Crippen LogP contribution is -2.12. The second-order valence-electron chi connectivity index (χ2n) is 8.10. The molecule has 1 amide bonds. The van der Waals surface area contributed by atoms with Gasteiger partial charge in [0.15, 0.2) is 5.13 Å². The number of methoxy groups -OCH3 is 1. The molecule has 5 rings (SSSR count). The van der Waals surface area contributed by atoms with E-state index < -0.39 is 4.92 Å². The fourth-order valence-corrected chi connectivity index (χ4v) is 4.94. The Morgan fingerprint density at radius 2 is 1.41 bits per heavy atom. The molecule has 0 atom stereocenters. The van der Waals surface area contributed by atoms with E-state index >= 15 is 0 Å². The van der Waals surface area contributed by atoms with Crippen LogP contribution < -0.4 is 10.1 Å². The Morgan fingerprint density at radius 3 is 2.08 bits per heavy atom. The highest BCUT2D eigenvalue weighted by Gasteiger charge is 2.19. The van der Waals surface area contributed by atoms with Crippen molar-refractivity contribution in [1.29, 1.82) is 0 Å². The van der Waals surface area contributed by atoms with E-state index in [0.29, 0.717) is 22.1 Å². The van der Waals surface area contributed by atoms with Crippen LogP contribution in [0.25, 0.3) is 32.8 Å². The molecule has 8 heteroatoms. The van der Waals surface area contributed by atoms with Crippen LogP contribution in [0, 0.1) is 10.1 Å². The molecule has 0 bridgehead atoms. The van der Waals surface area contributed by atoms with E-state index in [0.717, 1.165) is 27.1 Å². The number of hydrogen-bond donors (Lipinski definition) is 1. The van der Waals surface area contributed by atoms with Crippen LogP contribution in [0.3, 0.4) is 0 Å². The average molecular weight is 508 g/mol. The molecule has 5 aromatic rings. The standard InChI is InChI=1S/C29H21N3O4S/c1-36-25-10-6-5-9-24(25)28(33)31-29-30-26(27(37-29)22-15-17-23(18-16-22)32(34)35)21-13-11-20(12-14-21)19-7-3-2-4-8-19/h2-18H,1H3,(H,30,31,33). The zero-order valence-electron chi connectivity index (χ0n) is 19.8. The van der Waals surface area contributed by atoms with Crippen LogP contribution >= 0.6 is 11.3 Å². The molecule has 0 aliphatic heterocycles. The van der Waals surface area contributed by atoms with Crippen LogP contribution in [0.5, 0.6) is 5.75 Å². The zero-order chi connectivity index (χ0) is 25.8. The number of non-ortho nitro benzene ring substituents is 1. The number of carbonyl (C=O) groups excluding carboxylic acids is 1. The molecule has 0 unspecified atom stereocenters. The third kappa shape index (κ3) is 5.10. The van der Waals surface area contributed by atoms with Gasteiger partial charge in [0.05, 0.1) is 28.2 Å². The third-order valence-electron chi connectivity index (χ3n) is 5.80. The highest BCUT2D eigenvalue weighted by Crippen LogP contribution is 2.40. The maximum absolute atomic E-state index is 13.0. The Balaban J connectivity index is 1.53. The molecule has 1 N–H and O–H groups in total. The number of aromatic nitrogens is 1. The van der Waals surface area contributed by atoms with Crippen molar-refractivity contribution >= 4 is 28.1 Å². The van der Waals surface area contributed by atoms with Crippen LogP contribution in [0.1, 0.15) is 10.4 Å². The summed E-state index contributed by atoms with van der Waals surface area (Å²) in [5.41, 5.74) is 4.88. The lowest BCUT2D eigenvalue weighted by Gasteiger charge is -2.07. The monoisotopic (exact) mass is 507 g/mol. The first-order chi connectivity index (χ1) is 18.0. The predicted octanol–water partition coefficient (Wildman–Crippen LogP) is 7.31.